The van der Waals surface area contributed by atoms with E-state index in [1.54, 1.807) is 6.07 Å². The van der Waals surface area contributed by atoms with Crippen molar-refractivity contribution >= 4 is 17.6 Å². The maximum Gasteiger partial charge on any atom is 0.320 e. The van der Waals surface area contributed by atoms with E-state index in [1.165, 1.54) is 18.2 Å². The minimum atomic E-state index is -0.999. The molecule has 104 valence electrons. The number of carbonyl (C=O) groups is 2. The summed E-state index contributed by atoms with van der Waals surface area (Å²) in [6.45, 7) is 1.68. The first-order chi connectivity index (χ1) is 9.04. The molecule has 0 spiro atoms. The summed E-state index contributed by atoms with van der Waals surface area (Å²) in [4.78, 5) is 22.4. The fourth-order valence-corrected chi connectivity index (χ4v) is 1.57. The van der Waals surface area contributed by atoms with Crippen LogP contribution in [-0.2, 0) is 9.59 Å². The maximum absolute atomic E-state index is 13.3. The van der Waals surface area contributed by atoms with E-state index in [2.05, 4.69) is 10.6 Å². The number of aliphatic carboxylic acids is 1. The Morgan fingerprint density at radius 3 is 2.63 bits per heavy atom. The molecule has 1 atom stereocenters. The van der Waals surface area contributed by atoms with E-state index >= 15 is 0 Å². The number of hydrogen-bond acceptors (Lipinski definition) is 3. The average molecular weight is 268 g/mol. The number of para-hydroxylation sites is 1. The number of carboxylic acid groups (broad SMARTS) is 1. The lowest BCUT2D eigenvalue weighted by Gasteiger charge is -2.13. The Balaban J connectivity index is 2.47. The molecule has 0 radical (unpaired) electrons. The van der Waals surface area contributed by atoms with Crippen molar-refractivity contribution < 1.29 is 19.1 Å². The second kappa shape index (κ2) is 7.48. The second-order valence-electron chi connectivity index (χ2n) is 4.09. The van der Waals surface area contributed by atoms with Gasteiger partial charge in [-0.25, -0.2) is 4.39 Å². The number of hydrogen-bond donors (Lipinski definition) is 3. The van der Waals surface area contributed by atoms with Gasteiger partial charge in [-0.1, -0.05) is 25.5 Å². The molecule has 0 aliphatic heterocycles. The summed E-state index contributed by atoms with van der Waals surface area (Å²) in [5, 5.41) is 13.9. The van der Waals surface area contributed by atoms with Gasteiger partial charge in [-0.2, -0.15) is 0 Å². The van der Waals surface area contributed by atoms with Crippen LogP contribution in [0, 0.1) is 5.82 Å². The number of amides is 1. The average Bonchev–Trinajstić information content (AvgIpc) is 2.37. The van der Waals surface area contributed by atoms with Crippen molar-refractivity contribution in [1.82, 2.24) is 5.32 Å². The molecule has 0 saturated heterocycles. The van der Waals surface area contributed by atoms with Gasteiger partial charge in [-0.05, 0) is 18.6 Å². The summed E-state index contributed by atoms with van der Waals surface area (Å²) < 4.78 is 13.3. The highest BCUT2D eigenvalue weighted by molar-refractivity contribution is 5.92. The van der Waals surface area contributed by atoms with Crippen molar-refractivity contribution in [3.8, 4) is 0 Å². The van der Waals surface area contributed by atoms with Gasteiger partial charge in [-0.15, -0.1) is 0 Å². The molecule has 0 bridgehead atoms. The van der Waals surface area contributed by atoms with Gasteiger partial charge >= 0.3 is 5.97 Å². The zero-order chi connectivity index (χ0) is 14.3. The van der Waals surface area contributed by atoms with Gasteiger partial charge in [-0.3, -0.25) is 14.9 Å². The van der Waals surface area contributed by atoms with Crippen molar-refractivity contribution in [1.29, 1.82) is 0 Å². The lowest BCUT2D eigenvalue weighted by Crippen LogP contribution is -2.41. The topological polar surface area (TPSA) is 78.4 Å². The van der Waals surface area contributed by atoms with Crippen LogP contribution in [0.25, 0.3) is 0 Å². The number of nitrogens with one attached hydrogen (secondary N) is 2. The summed E-state index contributed by atoms with van der Waals surface area (Å²) in [7, 11) is 0. The van der Waals surface area contributed by atoms with Crippen molar-refractivity contribution in [3.63, 3.8) is 0 Å². The van der Waals surface area contributed by atoms with E-state index in [-0.39, 0.29) is 12.2 Å². The first kappa shape index (κ1) is 15.1. The Hall–Kier alpha value is -1.95. The van der Waals surface area contributed by atoms with E-state index in [0.29, 0.717) is 12.8 Å². The van der Waals surface area contributed by atoms with Gasteiger partial charge in [0, 0.05) is 0 Å². The number of benzene rings is 1. The normalized spacial score (nSPS) is 11.9. The number of carbonyl (C=O) groups excluding carboxylic acids is 1. The largest absolute Gasteiger partial charge is 0.480 e. The third kappa shape index (κ3) is 5.05. The van der Waals surface area contributed by atoms with Crippen LogP contribution in [0.1, 0.15) is 19.8 Å². The molecule has 5 nitrogen and oxygen atoms in total. The molecule has 0 heterocycles. The highest BCUT2D eigenvalue weighted by atomic mass is 19.1. The fraction of sp³-hybridized carbons (Fsp3) is 0.385. The van der Waals surface area contributed by atoms with Crippen LogP contribution in [0.3, 0.4) is 0 Å². The fourth-order valence-electron chi connectivity index (χ4n) is 1.57. The van der Waals surface area contributed by atoms with Gasteiger partial charge < -0.3 is 10.4 Å². The molecule has 0 aliphatic carbocycles. The lowest BCUT2D eigenvalue weighted by molar-refractivity contribution is -0.139. The Bertz CT molecular complexity index is 451. The summed E-state index contributed by atoms with van der Waals surface area (Å²) in [6, 6.07) is 5.03. The second-order valence-corrected chi connectivity index (χ2v) is 4.09. The third-order valence-electron chi connectivity index (χ3n) is 2.53. The first-order valence-electron chi connectivity index (χ1n) is 6.05. The number of rotatable bonds is 7. The maximum atomic E-state index is 13.3. The SMILES string of the molecule is CCCC(NCC(=O)Nc1ccccc1F)C(=O)O. The van der Waals surface area contributed by atoms with Crippen LogP contribution < -0.4 is 10.6 Å². The summed E-state index contributed by atoms with van der Waals surface area (Å²) in [6.07, 6.45) is 1.13. The highest BCUT2D eigenvalue weighted by Gasteiger charge is 2.16. The van der Waals surface area contributed by atoms with E-state index in [9.17, 15) is 14.0 Å². The van der Waals surface area contributed by atoms with Crippen LogP contribution in [0.15, 0.2) is 24.3 Å². The first-order valence-corrected chi connectivity index (χ1v) is 6.05. The van der Waals surface area contributed by atoms with Gasteiger partial charge in [0.2, 0.25) is 5.91 Å². The Kier molecular flexibility index (Phi) is 5.95. The van der Waals surface area contributed by atoms with E-state index < -0.39 is 23.7 Å². The standard InChI is InChI=1S/C13H17FN2O3/c1-2-5-11(13(18)19)15-8-12(17)16-10-7-4-3-6-9(10)14/h3-4,6-7,11,15H,2,5,8H2,1H3,(H,16,17)(H,18,19). The number of anilines is 1. The molecule has 1 aromatic rings. The van der Waals surface area contributed by atoms with Gasteiger partial charge in [0.15, 0.2) is 0 Å². The third-order valence-corrected chi connectivity index (χ3v) is 2.53. The Morgan fingerprint density at radius 2 is 2.05 bits per heavy atom. The van der Waals surface area contributed by atoms with Crippen molar-refractivity contribution in [2.75, 3.05) is 11.9 Å². The monoisotopic (exact) mass is 268 g/mol. The van der Waals surface area contributed by atoms with Crippen molar-refractivity contribution in [2.24, 2.45) is 0 Å². The van der Waals surface area contributed by atoms with E-state index in [1.807, 2.05) is 6.92 Å². The van der Waals surface area contributed by atoms with Crippen LogP contribution in [0.4, 0.5) is 10.1 Å². The zero-order valence-electron chi connectivity index (χ0n) is 10.6. The molecular formula is C13H17FN2O3. The number of halogens is 1. The van der Waals surface area contributed by atoms with Crippen LogP contribution in [0.5, 0.6) is 0 Å². The molecule has 19 heavy (non-hydrogen) atoms. The van der Waals surface area contributed by atoms with Gasteiger partial charge in [0.05, 0.1) is 12.2 Å². The van der Waals surface area contributed by atoms with Crippen molar-refractivity contribution in [2.45, 2.75) is 25.8 Å². The molecule has 1 rings (SSSR count). The molecule has 0 saturated carbocycles. The van der Waals surface area contributed by atoms with Crippen LogP contribution in [-0.4, -0.2) is 29.6 Å². The molecule has 0 fully saturated rings. The molecule has 3 N–H and O–H groups in total. The Morgan fingerprint density at radius 1 is 1.37 bits per heavy atom. The predicted octanol–water partition coefficient (Wildman–Crippen LogP) is 1.61. The smallest absolute Gasteiger partial charge is 0.320 e. The molecule has 1 aromatic carbocycles. The van der Waals surface area contributed by atoms with Gasteiger partial charge in [0.25, 0.3) is 0 Å². The van der Waals surface area contributed by atoms with E-state index in [4.69, 9.17) is 5.11 Å². The molecular weight excluding hydrogens is 251 g/mol. The van der Waals surface area contributed by atoms with Crippen LogP contribution >= 0.6 is 0 Å². The molecule has 0 aromatic heterocycles. The number of carboxylic acids is 1. The summed E-state index contributed by atoms with van der Waals surface area (Å²) in [5.74, 6) is -2.01. The minimum absolute atomic E-state index is 0.0802. The summed E-state index contributed by atoms with van der Waals surface area (Å²) in [5.41, 5.74) is 0.0802. The van der Waals surface area contributed by atoms with Gasteiger partial charge in [0.1, 0.15) is 11.9 Å². The minimum Gasteiger partial charge on any atom is -0.480 e. The summed E-state index contributed by atoms with van der Waals surface area (Å²) >= 11 is 0. The van der Waals surface area contributed by atoms with Crippen LogP contribution in [0.2, 0.25) is 0 Å². The molecule has 1 unspecified atom stereocenters. The quantitative estimate of drug-likeness (QED) is 0.702. The lowest BCUT2D eigenvalue weighted by atomic mass is 10.2. The molecule has 0 aliphatic rings. The Labute approximate surface area is 110 Å². The molecule has 1 amide bonds. The molecule has 6 heteroatoms. The van der Waals surface area contributed by atoms with E-state index in [0.717, 1.165) is 0 Å². The highest BCUT2D eigenvalue weighted by Crippen LogP contribution is 2.11. The predicted molar refractivity (Wildman–Crippen MR) is 69.4 cm³/mol. The zero-order valence-corrected chi connectivity index (χ0v) is 10.6. The van der Waals surface area contributed by atoms with Crippen molar-refractivity contribution in [3.05, 3.63) is 30.1 Å².